The Hall–Kier alpha value is -2.28. The molecule has 1 aromatic carbocycles. The highest BCUT2D eigenvalue weighted by Gasteiger charge is 2.12. The van der Waals surface area contributed by atoms with Gasteiger partial charge in [0.2, 0.25) is 0 Å². The van der Waals surface area contributed by atoms with Crippen molar-refractivity contribution >= 4 is 22.9 Å². The molecule has 0 fully saturated rings. The van der Waals surface area contributed by atoms with Crippen LogP contribution in [0.15, 0.2) is 48.7 Å². The van der Waals surface area contributed by atoms with Crippen molar-refractivity contribution in [3.8, 4) is 11.8 Å². The first-order chi connectivity index (χ1) is 11.7. The average Bonchev–Trinajstić information content (AvgIpc) is 2.62. The van der Waals surface area contributed by atoms with Gasteiger partial charge in [-0.15, -0.1) is 0 Å². The van der Waals surface area contributed by atoms with Crippen molar-refractivity contribution in [1.82, 2.24) is 9.88 Å². The van der Waals surface area contributed by atoms with E-state index in [9.17, 15) is 0 Å². The van der Waals surface area contributed by atoms with Crippen LogP contribution < -0.4 is 5.73 Å². The molecule has 0 spiro atoms. The third kappa shape index (κ3) is 4.61. The molecule has 2 aromatic rings. The quantitative estimate of drug-likeness (QED) is 0.865. The Labute approximate surface area is 148 Å². The molecule has 0 bridgehead atoms. The van der Waals surface area contributed by atoms with Gasteiger partial charge in [-0.3, -0.25) is 4.90 Å². The summed E-state index contributed by atoms with van der Waals surface area (Å²) < 4.78 is 0. The van der Waals surface area contributed by atoms with Crippen molar-refractivity contribution in [3.05, 3.63) is 65.0 Å². The summed E-state index contributed by atoms with van der Waals surface area (Å²) in [7, 11) is 0. The predicted octanol–water partition coefficient (Wildman–Crippen LogP) is 3.85. The van der Waals surface area contributed by atoms with Crippen LogP contribution in [-0.2, 0) is 0 Å². The van der Waals surface area contributed by atoms with Gasteiger partial charge in [0.1, 0.15) is 5.69 Å². The molecule has 1 aromatic heterocycles. The van der Waals surface area contributed by atoms with Crippen LogP contribution in [0.5, 0.6) is 0 Å². The van der Waals surface area contributed by atoms with Crippen molar-refractivity contribution < 1.29 is 0 Å². The van der Waals surface area contributed by atoms with Crippen LogP contribution in [0.4, 0.5) is 5.69 Å². The summed E-state index contributed by atoms with van der Waals surface area (Å²) in [6.45, 7) is 3.02. The van der Waals surface area contributed by atoms with Gasteiger partial charge in [0.05, 0.1) is 11.9 Å². The summed E-state index contributed by atoms with van der Waals surface area (Å²) in [6, 6.07) is 11.8. The van der Waals surface area contributed by atoms with E-state index in [1.165, 1.54) is 11.1 Å². The van der Waals surface area contributed by atoms with E-state index in [0.29, 0.717) is 5.69 Å². The van der Waals surface area contributed by atoms with Gasteiger partial charge in [0.25, 0.3) is 0 Å². The zero-order valence-corrected chi connectivity index (χ0v) is 14.3. The van der Waals surface area contributed by atoms with Crippen molar-refractivity contribution in [1.29, 1.82) is 0 Å². The number of aromatic nitrogens is 1. The van der Waals surface area contributed by atoms with E-state index in [4.69, 9.17) is 17.3 Å². The number of hydrogen-bond acceptors (Lipinski definition) is 3. The summed E-state index contributed by atoms with van der Waals surface area (Å²) in [4.78, 5) is 6.60. The maximum Gasteiger partial charge on any atom is 0.113 e. The van der Waals surface area contributed by atoms with E-state index in [0.717, 1.165) is 43.2 Å². The summed E-state index contributed by atoms with van der Waals surface area (Å²) >= 11 is 5.95. The highest BCUT2D eigenvalue weighted by atomic mass is 35.5. The SMILES string of the molecule is Nc1ccc(C#CCCN2CC=C(c3ccc(Cl)cc3)CC2)nc1. The number of halogens is 1. The Kier molecular flexibility index (Phi) is 5.53. The molecule has 24 heavy (non-hydrogen) atoms. The van der Waals surface area contributed by atoms with Crippen molar-refractivity contribution in [2.24, 2.45) is 0 Å². The van der Waals surface area contributed by atoms with E-state index in [1.807, 2.05) is 24.3 Å². The zero-order valence-electron chi connectivity index (χ0n) is 13.5. The Bertz CT molecular complexity index is 767. The lowest BCUT2D eigenvalue weighted by Gasteiger charge is -2.25. The fourth-order valence-electron chi connectivity index (χ4n) is 2.69. The first kappa shape index (κ1) is 16.6. The summed E-state index contributed by atoms with van der Waals surface area (Å²) in [6.07, 6.45) is 5.85. The zero-order chi connectivity index (χ0) is 16.8. The summed E-state index contributed by atoms with van der Waals surface area (Å²) in [5.74, 6) is 6.27. The minimum Gasteiger partial charge on any atom is -0.397 e. The highest BCUT2D eigenvalue weighted by molar-refractivity contribution is 6.30. The van der Waals surface area contributed by atoms with E-state index < -0.39 is 0 Å². The lowest BCUT2D eigenvalue weighted by Crippen LogP contribution is -2.29. The van der Waals surface area contributed by atoms with Crippen LogP contribution in [-0.4, -0.2) is 29.5 Å². The first-order valence-electron chi connectivity index (χ1n) is 8.08. The standard InChI is InChI=1S/C20H20ClN3/c21-18-6-4-16(5-7-18)17-10-13-24(14-11-17)12-2-1-3-20-9-8-19(22)15-23-20/h4-10,15H,2,11-14,22H2. The van der Waals surface area contributed by atoms with Gasteiger partial charge >= 0.3 is 0 Å². The highest BCUT2D eigenvalue weighted by Crippen LogP contribution is 2.23. The van der Waals surface area contributed by atoms with Gasteiger partial charge in [-0.05, 0) is 47.7 Å². The predicted molar refractivity (Wildman–Crippen MR) is 101 cm³/mol. The number of nitrogens with two attached hydrogens (primary N) is 1. The summed E-state index contributed by atoms with van der Waals surface area (Å²) in [5.41, 5.74) is 9.72. The summed E-state index contributed by atoms with van der Waals surface area (Å²) in [5, 5.41) is 0.783. The molecule has 0 atom stereocenters. The van der Waals surface area contributed by atoms with Crippen LogP contribution in [0.1, 0.15) is 24.1 Å². The fourth-order valence-corrected chi connectivity index (χ4v) is 2.81. The number of nitrogen functional groups attached to an aromatic ring is 1. The maximum absolute atomic E-state index is 5.95. The molecule has 3 nitrogen and oxygen atoms in total. The number of nitrogens with zero attached hydrogens (tertiary/aromatic N) is 2. The molecule has 3 rings (SSSR count). The minimum atomic E-state index is 0.664. The van der Waals surface area contributed by atoms with Crippen LogP contribution >= 0.6 is 11.6 Å². The van der Waals surface area contributed by atoms with Crippen LogP contribution in [0, 0.1) is 11.8 Å². The number of anilines is 1. The smallest absolute Gasteiger partial charge is 0.113 e. The molecule has 2 heterocycles. The van der Waals surface area contributed by atoms with Crippen molar-refractivity contribution in [2.75, 3.05) is 25.4 Å². The fraction of sp³-hybridized carbons (Fsp3) is 0.250. The molecule has 0 amide bonds. The topological polar surface area (TPSA) is 42.1 Å². The molecule has 0 aliphatic carbocycles. The van der Waals surface area contributed by atoms with E-state index in [-0.39, 0.29) is 0 Å². The molecule has 1 aliphatic rings. The molecule has 0 unspecified atom stereocenters. The largest absolute Gasteiger partial charge is 0.397 e. The second kappa shape index (κ2) is 8.01. The van der Waals surface area contributed by atoms with Gasteiger partial charge in [0.15, 0.2) is 0 Å². The van der Waals surface area contributed by atoms with Crippen LogP contribution in [0.2, 0.25) is 5.02 Å². The maximum atomic E-state index is 5.95. The number of rotatable bonds is 3. The van der Waals surface area contributed by atoms with Gasteiger partial charge in [-0.25, -0.2) is 4.98 Å². The number of pyridine rings is 1. The third-order valence-corrected chi connectivity index (χ3v) is 4.32. The van der Waals surface area contributed by atoms with Gasteiger partial charge in [-0.2, -0.15) is 0 Å². The molecule has 4 heteroatoms. The van der Waals surface area contributed by atoms with Gasteiger partial charge < -0.3 is 5.73 Å². The molecular weight excluding hydrogens is 318 g/mol. The Morgan fingerprint density at radius 2 is 2.00 bits per heavy atom. The molecular formula is C20H20ClN3. The Morgan fingerprint density at radius 3 is 2.67 bits per heavy atom. The molecule has 122 valence electrons. The second-order valence-corrected chi connectivity index (χ2v) is 6.25. The van der Waals surface area contributed by atoms with Gasteiger partial charge in [0, 0.05) is 31.1 Å². The van der Waals surface area contributed by atoms with Crippen molar-refractivity contribution in [2.45, 2.75) is 12.8 Å². The van der Waals surface area contributed by atoms with Crippen molar-refractivity contribution in [3.63, 3.8) is 0 Å². The normalized spacial score (nSPS) is 14.6. The van der Waals surface area contributed by atoms with E-state index in [1.54, 1.807) is 6.20 Å². The molecule has 0 radical (unpaired) electrons. The molecule has 1 aliphatic heterocycles. The van der Waals surface area contributed by atoms with Crippen LogP contribution in [0.3, 0.4) is 0 Å². The molecule has 0 saturated carbocycles. The molecule has 2 N–H and O–H groups in total. The third-order valence-electron chi connectivity index (χ3n) is 4.06. The Morgan fingerprint density at radius 1 is 1.17 bits per heavy atom. The minimum absolute atomic E-state index is 0.664. The van der Waals surface area contributed by atoms with E-state index >= 15 is 0 Å². The lowest BCUT2D eigenvalue weighted by molar-refractivity contribution is 0.309. The lowest BCUT2D eigenvalue weighted by atomic mass is 9.99. The average molecular weight is 338 g/mol. The number of hydrogen-bond donors (Lipinski definition) is 1. The monoisotopic (exact) mass is 337 g/mol. The first-order valence-corrected chi connectivity index (χ1v) is 8.46. The van der Waals surface area contributed by atoms with E-state index in [2.05, 4.69) is 39.9 Å². The Balaban J connectivity index is 1.49. The number of benzene rings is 1. The second-order valence-electron chi connectivity index (χ2n) is 5.82. The molecule has 0 saturated heterocycles. The van der Waals surface area contributed by atoms with Gasteiger partial charge in [-0.1, -0.05) is 35.7 Å². The van der Waals surface area contributed by atoms with Crippen LogP contribution in [0.25, 0.3) is 5.57 Å².